The van der Waals surface area contributed by atoms with E-state index in [0.717, 1.165) is 34.1 Å². The maximum Gasteiger partial charge on any atom is 0.201 e. The zero-order valence-corrected chi connectivity index (χ0v) is 10.2. The van der Waals surface area contributed by atoms with E-state index in [4.69, 9.17) is 0 Å². The molecule has 2 N–H and O–H groups in total. The Labute approximate surface area is 103 Å². The Kier molecular flexibility index (Phi) is 2.53. The molecule has 2 heterocycles. The van der Waals surface area contributed by atoms with Gasteiger partial charge in [0, 0.05) is 23.7 Å². The van der Waals surface area contributed by atoms with Crippen LogP contribution in [0.5, 0.6) is 0 Å². The summed E-state index contributed by atoms with van der Waals surface area (Å²) >= 11 is 1.64. The first-order valence-corrected chi connectivity index (χ1v) is 6.38. The van der Waals surface area contributed by atoms with Gasteiger partial charge in [0.15, 0.2) is 0 Å². The van der Waals surface area contributed by atoms with Crippen LogP contribution >= 0.6 is 11.3 Å². The molecule has 0 aliphatic rings. The summed E-state index contributed by atoms with van der Waals surface area (Å²) in [5, 5.41) is 6.19. The molecule has 0 radical (unpaired) electrons. The molecular formula is C12H12N4S. The lowest BCUT2D eigenvalue weighted by Crippen LogP contribution is -1.97. The number of H-pyrrole nitrogens is 1. The number of thiazole rings is 1. The fraction of sp³-hybridized carbons (Fsp3) is 0.167. The highest BCUT2D eigenvalue weighted by atomic mass is 32.1. The Balaban J connectivity index is 2.06. The van der Waals surface area contributed by atoms with Crippen LogP contribution in [0, 0.1) is 0 Å². The molecule has 0 fully saturated rings. The Hall–Kier alpha value is -1.88. The van der Waals surface area contributed by atoms with Crippen molar-refractivity contribution >= 4 is 28.3 Å². The highest BCUT2D eigenvalue weighted by Crippen LogP contribution is 2.25. The van der Waals surface area contributed by atoms with Crippen molar-refractivity contribution in [1.82, 2.24) is 15.0 Å². The van der Waals surface area contributed by atoms with E-state index in [1.165, 1.54) is 0 Å². The number of aromatic amines is 1. The first kappa shape index (κ1) is 10.3. The minimum atomic E-state index is 0.818. The van der Waals surface area contributed by atoms with Gasteiger partial charge in [-0.2, -0.15) is 0 Å². The van der Waals surface area contributed by atoms with Gasteiger partial charge in [-0.05, 0) is 25.1 Å². The van der Waals surface area contributed by atoms with Crippen molar-refractivity contribution in [3.63, 3.8) is 0 Å². The van der Waals surface area contributed by atoms with Crippen molar-refractivity contribution in [3.05, 3.63) is 29.8 Å². The summed E-state index contributed by atoms with van der Waals surface area (Å²) in [6.07, 6.45) is 1.82. The highest BCUT2D eigenvalue weighted by molar-refractivity contribution is 7.13. The standard InChI is InChI=1S/C12H12N4S/c1-2-13-12-15-9-4-3-8(7-10(9)16-12)11-14-5-6-17-11/h3-7H,2H2,1H3,(H2,13,15,16). The number of fused-ring (bicyclic) bond motifs is 1. The van der Waals surface area contributed by atoms with E-state index in [1.807, 2.05) is 24.6 Å². The summed E-state index contributed by atoms with van der Waals surface area (Å²) in [5.41, 5.74) is 3.13. The molecule has 2 aromatic heterocycles. The fourth-order valence-electron chi connectivity index (χ4n) is 1.76. The molecule has 0 saturated carbocycles. The largest absolute Gasteiger partial charge is 0.356 e. The molecular weight excluding hydrogens is 232 g/mol. The average molecular weight is 244 g/mol. The smallest absolute Gasteiger partial charge is 0.201 e. The minimum Gasteiger partial charge on any atom is -0.356 e. The molecule has 3 aromatic rings. The van der Waals surface area contributed by atoms with Gasteiger partial charge in [0.1, 0.15) is 5.01 Å². The van der Waals surface area contributed by atoms with Gasteiger partial charge in [-0.3, -0.25) is 0 Å². The van der Waals surface area contributed by atoms with Crippen molar-refractivity contribution in [3.8, 4) is 10.6 Å². The fourth-order valence-corrected chi connectivity index (χ4v) is 2.40. The number of anilines is 1. The van der Waals surface area contributed by atoms with Crippen LogP contribution in [0.1, 0.15) is 6.92 Å². The average Bonchev–Trinajstić information content (AvgIpc) is 2.96. The monoisotopic (exact) mass is 244 g/mol. The Morgan fingerprint density at radius 2 is 2.35 bits per heavy atom. The van der Waals surface area contributed by atoms with Gasteiger partial charge in [-0.25, -0.2) is 9.97 Å². The zero-order chi connectivity index (χ0) is 11.7. The van der Waals surface area contributed by atoms with Crippen LogP contribution in [-0.4, -0.2) is 21.5 Å². The Bertz CT molecular complexity index is 627. The van der Waals surface area contributed by atoms with Crippen LogP contribution in [0.2, 0.25) is 0 Å². The normalized spacial score (nSPS) is 10.9. The van der Waals surface area contributed by atoms with E-state index in [9.17, 15) is 0 Å². The van der Waals surface area contributed by atoms with E-state index >= 15 is 0 Å². The molecule has 1 aromatic carbocycles. The van der Waals surface area contributed by atoms with E-state index < -0.39 is 0 Å². The highest BCUT2D eigenvalue weighted by Gasteiger charge is 2.05. The Morgan fingerprint density at radius 1 is 1.41 bits per heavy atom. The van der Waals surface area contributed by atoms with E-state index in [1.54, 1.807) is 11.3 Å². The molecule has 3 rings (SSSR count). The van der Waals surface area contributed by atoms with Gasteiger partial charge in [0.05, 0.1) is 11.0 Å². The second kappa shape index (κ2) is 4.18. The number of nitrogens with zero attached hydrogens (tertiary/aromatic N) is 2. The van der Waals surface area contributed by atoms with Crippen LogP contribution in [0.3, 0.4) is 0 Å². The molecule has 86 valence electrons. The molecule has 0 saturated heterocycles. The number of benzene rings is 1. The Morgan fingerprint density at radius 3 is 3.12 bits per heavy atom. The van der Waals surface area contributed by atoms with Gasteiger partial charge >= 0.3 is 0 Å². The molecule has 0 amide bonds. The summed E-state index contributed by atoms with van der Waals surface area (Å²) in [4.78, 5) is 12.0. The molecule has 17 heavy (non-hydrogen) atoms. The van der Waals surface area contributed by atoms with Crippen molar-refractivity contribution in [1.29, 1.82) is 0 Å². The van der Waals surface area contributed by atoms with Crippen LogP contribution in [0.15, 0.2) is 29.8 Å². The molecule has 0 aliphatic carbocycles. The first-order valence-electron chi connectivity index (χ1n) is 5.50. The van der Waals surface area contributed by atoms with E-state index in [0.29, 0.717) is 0 Å². The van der Waals surface area contributed by atoms with Crippen molar-refractivity contribution in [2.45, 2.75) is 6.92 Å². The summed E-state index contributed by atoms with van der Waals surface area (Å²) in [6, 6.07) is 6.16. The lowest BCUT2D eigenvalue weighted by molar-refractivity contribution is 1.14. The van der Waals surface area contributed by atoms with Crippen molar-refractivity contribution < 1.29 is 0 Å². The quantitative estimate of drug-likeness (QED) is 0.744. The van der Waals surface area contributed by atoms with Crippen molar-refractivity contribution in [2.24, 2.45) is 0 Å². The van der Waals surface area contributed by atoms with Gasteiger partial charge in [0.2, 0.25) is 5.95 Å². The zero-order valence-electron chi connectivity index (χ0n) is 9.40. The lowest BCUT2D eigenvalue weighted by atomic mass is 10.2. The number of aromatic nitrogens is 3. The number of nitrogens with one attached hydrogen (secondary N) is 2. The summed E-state index contributed by atoms with van der Waals surface area (Å²) in [6.45, 7) is 2.91. The maximum atomic E-state index is 4.44. The third-order valence-electron chi connectivity index (χ3n) is 2.51. The molecule has 0 aliphatic heterocycles. The number of hydrogen-bond acceptors (Lipinski definition) is 4. The minimum absolute atomic E-state index is 0.818. The molecule has 0 unspecified atom stereocenters. The number of hydrogen-bond donors (Lipinski definition) is 2. The number of imidazole rings is 1. The van der Waals surface area contributed by atoms with Crippen LogP contribution < -0.4 is 5.32 Å². The van der Waals surface area contributed by atoms with Crippen LogP contribution in [0.4, 0.5) is 5.95 Å². The molecule has 5 heteroatoms. The molecule has 4 nitrogen and oxygen atoms in total. The van der Waals surface area contributed by atoms with Gasteiger partial charge in [-0.1, -0.05) is 0 Å². The third-order valence-corrected chi connectivity index (χ3v) is 3.33. The molecule has 0 spiro atoms. The summed E-state index contributed by atoms with van der Waals surface area (Å²) in [7, 11) is 0. The van der Waals surface area contributed by atoms with Crippen LogP contribution in [0.25, 0.3) is 21.6 Å². The molecule has 0 atom stereocenters. The van der Waals surface area contributed by atoms with E-state index in [-0.39, 0.29) is 0 Å². The first-order chi connectivity index (χ1) is 8.36. The summed E-state index contributed by atoms with van der Waals surface area (Å²) < 4.78 is 0. The second-order valence-corrected chi connectivity index (χ2v) is 4.58. The third kappa shape index (κ3) is 1.89. The van der Waals surface area contributed by atoms with Gasteiger partial charge in [0.25, 0.3) is 0 Å². The number of rotatable bonds is 3. The second-order valence-electron chi connectivity index (χ2n) is 3.68. The SMILES string of the molecule is CCNc1nc2ccc(-c3nccs3)cc2[nH]1. The topological polar surface area (TPSA) is 53.6 Å². The molecule has 0 bridgehead atoms. The van der Waals surface area contributed by atoms with Gasteiger partial charge < -0.3 is 10.3 Å². The maximum absolute atomic E-state index is 4.44. The predicted molar refractivity (Wildman–Crippen MR) is 71.4 cm³/mol. The predicted octanol–water partition coefficient (Wildman–Crippen LogP) is 3.12. The lowest BCUT2D eigenvalue weighted by Gasteiger charge is -1.95. The van der Waals surface area contributed by atoms with Crippen LogP contribution in [-0.2, 0) is 0 Å². The van der Waals surface area contributed by atoms with Gasteiger partial charge in [-0.15, -0.1) is 11.3 Å². The van der Waals surface area contributed by atoms with Crippen molar-refractivity contribution in [2.75, 3.05) is 11.9 Å². The summed E-state index contributed by atoms with van der Waals surface area (Å²) in [5.74, 6) is 0.818. The van der Waals surface area contributed by atoms with E-state index in [2.05, 4.69) is 32.4 Å².